The zero-order chi connectivity index (χ0) is 36.8. The first kappa shape index (κ1) is 32.6. The number of aryl methyl sites for hydroxylation is 3. The zero-order valence-electron chi connectivity index (χ0n) is 30.6. The van der Waals surface area contributed by atoms with Crippen molar-refractivity contribution in [1.82, 2.24) is 4.57 Å². The van der Waals surface area contributed by atoms with Crippen molar-refractivity contribution in [2.24, 2.45) is 0 Å². The molecule has 5 heteroatoms. The summed E-state index contributed by atoms with van der Waals surface area (Å²) in [5.74, 6) is -0.584. The van der Waals surface area contributed by atoms with Crippen LogP contribution in [0.3, 0.4) is 0 Å². The van der Waals surface area contributed by atoms with Crippen LogP contribution in [0.2, 0.25) is 0 Å². The highest BCUT2D eigenvalue weighted by atomic mass is 31.1. The van der Waals surface area contributed by atoms with E-state index in [1.54, 1.807) is 0 Å². The third kappa shape index (κ3) is 4.80. The van der Waals surface area contributed by atoms with Crippen LogP contribution in [0.15, 0.2) is 140 Å². The van der Waals surface area contributed by atoms with Crippen LogP contribution in [0.4, 0.5) is 5.69 Å². The highest BCUT2D eigenvalue weighted by Crippen LogP contribution is 2.47. The fourth-order valence-electron chi connectivity index (χ4n) is 8.80. The van der Waals surface area contributed by atoms with E-state index in [0.29, 0.717) is 31.1 Å². The fraction of sp³-hybridized carbons (Fsp3) is 0.102. The molecule has 11 rings (SSSR count). The van der Waals surface area contributed by atoms with Crippen molar-refractivity contribution in [3.8, 4) is 39.1 Å². The van der Waals surface area contributed by atoms with Gasteiger partial charge in [-0.15, -0.1) is 0 Å². The van der Waals surface area contributed by atoms with Gasteiger partial charge in [-0.2, -0.15) is 0 Å². The summed E-state index contributed by atoms with van der Waals surface area (Å²) < 4.78 is 2.28. The van der Waals surface area contributed by atoms with E-state index in [0.717, 1.165) is 60.5 Å². The Bertz CT molecular complexity index is 2900. The molecule has 54 heavy (non-hydrogen) atoms. The first-order valence-electron chi connectivity index (χ1n) is 18.5. The molecule has 0 spiro atoms. The molecule has 0 saturated heterocycles. The Morgan fingerprint density at radius 3 is 1.85 bits per heavy atom. The average molecular weight is 717 g/mol. The molecule has 1 aromatic heterocycles. The lowest BCUT2D eigenvalue weighted by Crippen LogP contribution is -2.32. The number of amides is 2. The van der Waals surface area contributed by atoms with Gasteiger partial charge in [-0.05, 0) is 83.2 Å². The second kappa shape index (κ2) is 12.2. The smallest absolute Gasteiger partial charge is 0.268 e. The number of carbonyl (C=O) groups excluding carboxylic acids is 2. The van der Waals surface area contributed by atoms with E-state index < -0.39 is 0 Å². The van der Waals surface area contributed by atoms with Gasteiger partial charge in [-0.3, -0.25) is 9.59 Å². The summed E-state index contributed by atoms with van der Waals surface area (Å²) in [6, 6.07) is 48.7. The van der Waals surface area contributed by atoms with E-state index in [2.05, 4.69) is 129 Å². The lowest BCUT2D eigenvalue weighted by atomic mass is 9.95. The molecule has 4 heterocycles. The minimum Gasteiger partial charge on any atom is -0.307 e. The van der Waals surface area contributed by atoms with Crippen LogP contribution in [0.5, 0.6) is 0 Å². The topological polar surface area (TPSA) is 42.3 Å². The van der Waals surface area contributed by atoms with Gasteiger partial charge < -0.3 is 4.57 Å². The minimum absolute atomic E-state index is 0.164. The Labute approximate surface area is 316 Å². The molecular weight excluding hydrogens is 680 g/mol. The first-order valence-corrected chi connectivity index (χ1v) is 19.6. The Hall–Kier alpha value is -6.09. The molecule has 260 valence electrons. The predicted octanol–water partition coefficient (Wildman–Crippen LogP) is 11.9. The summed E-state index contributed by atoms with van der Waals surface area (Å²) >= 11 is 0. The van der Waals surface area contributed by atoms with Gasteiger partial charge in [0.25, 0.3) is 11.8 Å². The zero-order valence-corrected chi connectivity index (χ0v) is 31.6. The lowest BCUT2D eigenvalue weighted by Gasteiger charge is -2.22. The van der Waals surface area contributed by atoms with Gasteiger partial charge in [-0.1, -0.05) is 142 Å². The van der Waals surface area contributed by atoms with E-state index in [4.69, 9.17) is 0 Å². The molecule has 0 radical (unpaired) electrons. The number of benzene rings is 7. The molecule has 2 atom stereocenters. The van der Waals surface area contributed by atoms with Gasteiger partial charge in [0, 0.05) is 27.6 Å². The van der Waals surface area contributed by atoms with E-state index in [9.17, 15) is 4.79 Å². The van der Waals surface area contributed by atoms with Crippen molar-refractivity contribution >= 4 is 53.2 Å². The Balaban J connectivity index is 1.35. The number of rotatable bonds is 2. The summed E-state index contributed by atoms with van der Waals surface area (Å²) in [6.45, 7) is 8.73. The Kier molecular flexibility index (Phi) is 7.37. The van der Waals surface area contributed by atoms with Crippen molar-refractivity contribution in [3.63, 3.8) is 0 Å². The van der Waals surface area contributed by atoms with Gasteiger partial charge in [0.2, 0.25) is 0 Å². The second-order valence-electron chi connectivity index (χ2n) is 14.7. The SMILES string of the molecule is Cc1ccc(-c2cccc3c4cccc5c4n(c23)-c2cccc3c2C(=O)N(C3=O)c2cc(-c3ccccc3)ccc2PC(C)c2ccc-5c(C)c2)c(C)c1. The third-order valence-electron chi connectivity index (χ3n) is 11.4. The minimum atomic E-state index is -0.295. The highest BCUT2D eigenvalue weighted by Gasteiger charge is 2.41. The molecule has 8 aromatic rings. The van der Waals surface area contributed by atoms with Gasteiger partial charge >= 0.3 is 0 Å². The quantitative estimate of drug-likeness (QED) is 0.132. The molecule has 4 bridgehead atoms. The van der Waals surface area contributed by atoms with Crippen LogP contribution < -0.4 is 10.2 Å². The summed E-state index contributed by atoms with van der Waals surface area (Å²) in [7, 11) is 0.335. The van der Waals surface area contributed by atoms with Crippen LogP contribution in [0.1, 0.15) is 55.6 Å². The van der Waals surface area contributed by atoms with Gasteiger partial charge in [0.1, 0.15) is 0 Å². The maximum Gasteiger partial charge on any atom is 0.268 e. The van der Waals surface area contributed by atoms with Crippen molar-refractivity contribution < 1.29 is 9.59 Å². The monoisotopic (exact) mass is 716 g/mol. The molecule has 0 saturated carbocycles. The number of hydrogen-bond donors (Lipinski definition) is 0. The van der Waals surface area contributed by atoms with Crippen LogP contribution in [0.25, 0.3) is 60.9 Å². The molecule has 0 aliphatic carbocycles. The molecule has 2 amide bonds. The molecule has 0 N–H and O–H groups in total. The van der Waals surface area contributed by atoms with Crippen LogP contribution in [0, 0.1) is 20.8 Å². The molecule has 3 aliphatic rings. The summed E-state index contributed by atoms with van der Waals surface area (Å²) in [4.78, 5) is 31.4. The number of aromatic nitrogens is 1. The normalized spacial score (nSPS) is 15.3. The van der Waals surface area contributed by atoms with Gasteiger partial charge in [0.05, 0.1) is 33.5 Å². The maximum atomic E-state index is 15.2. The molecule has 2 unspecified atom stereocenters. The van der Waals surface area contributed by atoms with Crippen LogP contribution >= 0.6 is 8.58 Å². The van der Waals surface area contributed by atoms with Crippen molar-refractivity contribution in [1.29, 1.82) is 0 Å². The fourth-order valence-corrected chi connectivity index (χ4v) is 10.1. The van der Waals surface area contributed by atoms with Gasteiger partial charge in [-0.25, -0.2) is 4.90 Å². The maximum absolute atomic E-state index is 15.2. The number of hydrogen-bond acceptors (Lipinski definition) is 2. The molecule has 4 nitrogen and oxygen atoms in total. The van der Waals surface area contributed by atoms with E-state index in [1.807, 2.05) is 42.5 Å². The van der Waals surface area contributed by atoms with E-state index in [1.165, 1.54) is 27.2 Å². The summed E-state index contributed by atoms with van der Waals surface area (Å²) in [5, 5.41) is 3.18. The Morgan fingerprint density at radius 1 is 0.519 bits per heavy atom. The van der Waals surface area contributed by atoms with Crippen LogP contribution in [-0.2, 0) is 0 Å². The average Bonchev–Trinajstić information content (AvgIpc) is 3.66. The van der Waals surface area contributed by atoms with Crippen molar-refractivity contribution in [3.05, 3.63) is 173 Å². The van der Waals surface area contributed by atoms with E-state index in [-0.39, 0.29) is 17.5 Å². The van der Waals surface area contributed by atoms with Crippen molar-refractivity contribution in [2.75, 3.05) is 4.90 Å². The largest absolute Gasteiger partial charge is 0.307 e. The second-order valence-corrected chi connectivity index (χ2v) is 16.4. The van der Waals surface area contributed by atoms with Crippen molar-refractivity contribution in [2.45, 2.75) is 33.4 Å². The summed E-state index contributed by atoms with van der Waals surface area (Å²) in [5.41, 5.74) is 15.7. The number of imide groups is 1. The highest BCUT2D eigenvalue weighted by molar-refractivity contribution is 7.48. The number of para-hydroxylation sites is 2. The predicted molar refractivity (Wildman–Crippen MR) is 225 cm³/mol. The van der Waals surface area contributed by atoms with E-state index >= 15 is 4.79 Å². The molecule has 3 aliphatic heterocycles. The number of fused-ring (bicyclic) bond motifs is 5. The molecule has 0 fully saturated rings. The third-order valence-corrected chi connectivity index (χ3v) is 12.9. The molecular formula is C49H37N2O2P. The first-order chi connectivity index (χ1) is 26.3. The lowest BCUT2D eigenvalue weighted by molar-refractivity contribution is 0.0926. The van der Waals surface area contributed by atoms with Crippen LogP contribution in [-0.4, -0.2) is 16.4 Å². The van der Waals surface area contributed by atoms with Gasteiger partial charge in [0.15, 0.2) is 0 Å². The number of nitrogens with zero attached hydrogens (tertiary/aromatic N) is 2. The number of carbonyl (C=O) groups is 2. The number of anilines is 1. The Morgan fingerprint density at radius 2 is 1.17 bits per heavy atom. The summed E-state index contributed by atoms with van der Waals surface area (Å²) in [6.07, 6.45) is 0. The molecule has 7 aromatic carbocycles. The standard InChI is InChI=1S/C49H37N2O2P/c1-28-19-22-35(29(2)25-28)37-13-8-15-39-40-16-9-14-38-36-23-20-33(26-30(36)3)31(4)54-44-24-21-34(32-11-6-5-7-12-32)27-43(44)51-48(52)41-17-10-18-42(45(41)49(51)53)50(46(37)39)47(38)40/h5-27,31,54H,1-4H3.